The Labute approximate surface area is 738 Å². The Bertz CT molecular complexity index is 3370. The smallest absolute Gasteiger partial charge is 0.434 e. The average Bonchev–Trinajstić information content (AvgIpc) is 0.720. The summed E-state index contributed by atoms with van der Waals surface area (Å²) in [7, 11) is 0. The second-order valence-corrected chi connectivity index (χ2v) is 40.4. The molecule has 0 N–H and O–H groups in total. The highest BCUT2D eigenvalue weighted by atomic mass is 19.4. The summed E-state index contributed by atoms with van der Waals surface area (Å²) in [6, 6.07) is 0. The first kappa shape index (κ1) is 117. The Balaban J connectivity index is 0.000000517. The fourth-order valence-corrected chi connectivity index (χ4v) is 16.8. The first-order chi connectivity index (χ1) is 57.5. The van der Waals surface area contributed by atoms with Gasteiger partial charge in [-0.2, -0.15) is 79.0 Å². The maximum atomic E-state index is 12.9. The Morgan fingerprint density at radius 1 is 0.323 bits per heavy atom. The summed E-state index contributed by atoms with van der Waals surface area (Å²) < 4.78 is 267. The fraction of sp³-hybridized carbons (Fsp3) is 0.901. The van der Waals surface area contributed by atoms with E-state index in [2.05, 4.69) is 76.9 Å². The van der Waals surface area contributed by atoms with Crippen LogP contribution in [0.25, 0.3) is 0 Å². The van der Waals surface area contributed by atoms with E-state index >= 15 is 0 Å². The number of carbonyl (C=O) groups excluding carboxylic acids is 9. The molecule has 9 fully saturated rings. The Kier molecular flexibility index (Phi) is 41.6. The molecule has 0 radical (unpaired) electrons. The van der Waals surface area contributed by atoms with Gasteiger partial charge in [-0.3, -0.25) is 28.8 Å². The van der Waals surface area contributed by atoms with Gasteiger partial charge in [0.1, 0.15) is 30.0 Å². The second kappa shape index (κ2) is 45.1. The van der Waals surface area contributed by atoms with Crippen LogP contribution in [0.4, 0.5) is 79.0 Å². The van der Waals surface area contributed by atoms with Crippen LogP contribution in [0.2, 0.25) is 0 Å². The molecule has 0 spiro atoms. The summed E-state index contributed by atoms with van der Waals surface area (Å²) >= 11 is 0. The van der Waals surface area contributed by atoms with Gasteiger partial charge in [0.2, 0.25) is 0 Å². The van der Waals surface area contributed by atoms with Crippen LogP contribution in [0, 0.1) is 90.2 Å². The largest absolute Gasteiger partial charge is 0.462 e. The zero-order chi connectivity index (χ0) is 98.8. The normalized spacial score (nSPS) is 23.3. The van der Waals surface area contributed by atoms with E-state index in [1.54, 1.807) is 20.8 Å². The SMILES string of the molecule is CCC(C)(C)C(=O)OC(CC)(CC)C12CC3CC(CC(C3)C1)C2.CCC(C)(C)C(=O)OC1(C)C2CC3CC(C2)CC1C3.CCC(C)(C)C(=O)OCC(=O)OC(C(F)(F)F)C(F)(F)F.CCC(C)(C)C(=O)OCC(=O)OCC(C)(C(F)(F)F)C(F)(F)F.CCC(C)(C)C(=O)OCC(=O)OCC(C)(C(F)(F)F)C(F)(F)F.CCC1(OC(=O)C(C)(C)CC)CCCCCCC1. The van der Waals surface area contributed by atoms with Gasteiger partial charge in [-0.1, -0.05) is 81.6 Å². The minimum atomic E-state index is -5.80. The Morgan fingerprint density at radius 3 is 0.866 bits per heavy atom. The molecule has 0 heterocycles. The molecule has 36 heteroatoms. The molecule has 0 aromatic rings. The van der Waals surface area contributed by atoms with Crippen LogP contribution in [0.5, 0.6) is 0 Å². The van der Waals surface area contributed by atoms with E-state index in [1.807, 2.05) is 41.5 Å². The maximum absolute atomic E-state index is 12.9. The highest BCUT2D eigenvalue weighted by Crippen LogP contribution is 2.67. The van der Waals surface area contributed by atoms with Crippen molar-refractivity contribution in [3.8, 4) is 0 Å². The number of halogens is 18. The first-order valence-corrected chi connectivity index (χ1v) is 44.6. The number of carbonyl (C=O) groups is 9. The second-order valence-electron chi connectivity index (χ2n) is 40.4. The number of hydrogen-bond donors (Lipinski definition) is 0. The zero-order valence-corrected chi connectivity index (χ0v) is 78.9. The standard InChI is InChI=1S/C21H36O2.C17H28O2.C16H30O2.2C13H18F6O4.C11H14F6O4/c1-6-19(4,5)18(22)23-21(7-2,8-3)20-12-15-9-16(13-20)11-17(10-15)14-20;1-5-16(2,3)15(18)19-17(4)13-7-11-6-12(9-13)10-14(17)8-11;1-5-15(3,4)14(17)18-16(6-2)12-10-8-7-9-11-13-16;2*1-5-10(2,3)9(21)22-6-8(20)23-7-11(4,12(14,15)16)13(17,18)19;1-4-9(2,3)8(19)20-5-6(18)21-7(10(12,13)14)11(15,16)17/h15-17H,6-14H2,1-5H3;11-14H,5-10H2,1-4H3;5-13H2,1-4H3;2*5-7H2,1-4H3;7H,4-5H2,1-3H3. The van der Waals surface area contributed by atoms with Crippen molar-refractivity contribution >= 4 is 53.7 Å². The first-order valence-electron chi connectivity index (χ1n) is 44.6. The van der Waals surface area contributed by atoms with Gasteiger partial charge >= 0.3 is 90.8 Å². The summed E-state index contributed by atoms with van der Waals surface area (Å²) in [6.45, 7) is 33.4. The molecule has 9 rings (SSSR count). The molecule has 9 aliphatic rings. The van der Waals surface area contributed by atoms with Crippen LogP contribution in [0.15, 0.2) is 0 Å². The third-order valence-electron chi connectivity index (χ3n) is 28.7. The van der Waals surface area contributed by atoms with E-state index in [9.17, 15) is 122 Å². The summed E-state index contributed by atoms with van der Waals surface area (Å²) in [5.74, 6) is -1.65. The molecule has 0 aromatic heterocycles. The minimum absolute atomic E-state index is 0.00702. The topological polar surface area (TPSA) is 237 Å². The molecule has 0 saturated heterocycles. The molecular weight excluding hydrogens is 1720 g/mol. The van der Waals surface area contributed by atoms with Crippen molar-refractivity contribution in [2.45, 2.75) is 399 Å². The van der Waals surface area contributed by atoms with Crippen LogP contribution in [0.1, 0.15) is 340 Å². The van der Waals surface area contributed by atoms with Crippen molar-refractivity contribution in [2.24, 2.45) is 90.2 Å². The van der Waals surface area contributed by atoms with E-state index in [0.29, 0.717) is 31.1 Å². The van der Waals surface area contributed by atoms with Gasteiger partial charge < -0.3 is 42.6 Å². The summed E-state index contributed by atoms with van der Waals surface area (Å²) in [5.41, 5.74) is -12.7. The van der Waals surface area contributed by atoms with Crippen LogP contribution in [-0.4, -0.2) is 147 Å². The van der Waals surface area contributed by atoms with E-state index in [-0.39, 0.29) is 70.2 Å². The third-order valence-corrected chi connectivity index (χ3v) is 28.7. The Morgan fingerprint density at radius 2 is 0.591 bits per heavy atom. The predicted molar refractivity (Wildman–Crippen MR) is 435 cm³/mol. The molecule has 127 heavy (non-hydrogen) atoms. The van der Waals surface area contributed by atoms with Crippen LogP contribution in [0.3, 0.4) is 0 Å². The number of rotatable bonds is 30. The van der Waals surface area contributed by atoms with Crippen LogP contribution >= 0.6 is 0 Å². The molecule has 9 saturated carbocycles. The molecule has 0 atom stereocenters. The van der Waals surface area contributed by atoms with Gasteiger partial charge in [-0.15, -0.1) is 0 Å². The van der Waals surface area contributed by atoms with Crippen molar-refractivity contribution in [1.29, 1.82) is 0 Å². The monoisotopic (exact) mass is 1870 g/mol. The fourth-order valence-electron chi connectivity index (χ4n) is 16.8. The summed E-state index contributed by atoms with van der Waals surface area (Å²) in [4.78, 5) is 106. The molecule has 9 aliphatic carbocycles. The van der Waals surface area contributed by atoms with Gasteiger partial charge in [0, 0.05) is 5.41 Å². The molecule has 0 aliphatic heterocycles. The lowest BCUT2D eigenvalue weighted by molar-refractivity contribution is -0.344. The molecule has 0 unspecified atom stereocenters. The lowest BCUT2D eigenvalue weighted by Crippen LogP contribution is -2.60. The maximum Gasteiger partial charge on any atom is 0.434 e. The van der Waals surface area contributed by atoms with Crippen LogP contribution < -0.4 is 0 Å². The molecule has 0 aromatic carbocycles. The van der Waals surface area contributed by atoms with Crippen LogP contribution in [-0.2, 0) is 85.8 Å². The number of alkyl halides is 18. The summed E-state index contributed by atoms with van der Waals surface area (Å²) in [6.07, 6.45) is -8.76. The molecular formula is C91H144F18O18. The van der Waals surface area contributed by atoms with Crippen molar-refractivity contribution < 1.29 is 165 Å². The van der Waals surface area contributed by atoms with E-state index in [4.69, 9.17) is 14.2 Å². The van der Waals surface area contributed by atoms with Gasteiger partial charge in [0.25, 0.3) is 6.10 Å². The van der Waals surface area contributed by atoms with Crippen molar-refractivity contribution in [1.82, 2.24) is 0 Å². The molecule has 0 amide bonds. The van der Waals surface area contributed by atoms with E-state index in [1.165, 1.54) is 144 Å². The van der Waals surface area contributed by atoms with Gasteiger partial charge in [-0.05, 0) is 299 Å². The molecule has 8 bridgehead atoms. The third kappa shape index (κ3) is 31.3. The molecule has 18 nitrogen and oxygen atoms in total. The van der Waals surface area contributed by atoms with Gasteiger partial charge in [0.15, 0.2) is 30.7 Å². The van der Waals surface area contributed by atoms with Crippen molar-refractivity contribution in [3.05, 3.63) is 0 Å². The van der Waals surface area contributed by atoms with Crippen molar-refractivity contribution in [3.63, 3.8) is 0 Å². The summed E-state index contributed by atoms with van der Waals surface area (Å²) in [5, 5.41) is 0. The Hall–Kier alpha value is -6.03. The zero-order valence-electron chi connectivity index (χ0n) is 78.9. The molecule has 742 valence electrons. The highest BCUT2D eigenvalue weighted by Gasteiger charge is 2.70. The van der Waals surface area contributed by atoms with E-state index in [0.717, 1.165) is 81.0 Å². The lowest BCUT2D eigenvalue weighted by atomic mass is 9.44. The average molecular weight is 1870 g/mol. The predicted octanol–water partition coefficient (Wildman–Crippen LogP) is 25.1. The van der Waals surface area contributed by atoms with Gasteiger partial charge in [0.05, 0.1) is 32.5 Å². The number of ether oxygens (including phenoxy) is 9. The van der Waals surface area contributed by atoms with Gasteiger partial charge in [-0.25, -0.2) is 14.4 Å². The number of hydrogen-bond acceptors (Lipinski definition) is 18. The highest BCUT2D eigenvalue weighted by molar-refractivity contribution is 5.82. The van der Waals surface area contributed by atoms with Crippen molar-refractivity contribution in [2.75, 3.05) is 33.0 Å². The number of esters is 9. The lowest BCUT2D eigenvalue weighted by Gasteiger charge is -2.63. The van der Waals surface area contributed by atoms with E-state index < -0.39 is 139 Å². The quantitative estimate of drug-likeness (QED) is 0.0369. The minimum Gasteiger partial charge on any atom is -0.462 e.